The lowest BCUT2D eigenvalue weighted by Crippen LogP contribution is -2.51. The van der Waals surface area contributed by atoms with E-state index in [1.165, 1.54) is 10.5 Å². The Morgan fingerprint density at radius 1 is 0.879 bits per heavy atom. The highest BCUT2D eigenvalue weighted by Crippen LogP contribution is 2.36. The number of carbonyl (C=O) groups is 2. The fourth-order valence-electron chi connectivity index (χ4n) is 4.07. The monoisotopic (exact) mass is 443 g/mol. The first kappa shape index (κ1) is 22.4. The topological polar surface area (TPSA) is 53.1 Å². The van der Waals surface area contributed by atoms with Crippen LogP contribution in [0, 0.1) is 0 Å². The number of hydrogen-bond acceptors (Lipinski definition) is 4. The Balaban J connectivity index is 1.43. The molecule has 33 heavy (non-hydrogen) atoms. The van der Waals surface area contributed by atoms with Crippen molar-refractivity contribution in [3.8, 4) is 0 Å². The van der Waals surface area contributed by atoms with Gasteiger partial charge in [0.1, 0.15) is 13.2 Å². The molecule has 4 rings (SSSR count). The largest absolute Gasteiger partial charge is 0.445 e. The van der Waals surface area contributed by atoms with Gasteiger partial charge >= 0.3 is 6.09 Å². The number of hydrogen-bond donors (Lipinski definition) is 0. The van der Waals surface area contributed by atoms with Gasteiger partial charge in [0.25, 0.3) is 0 Å². The average molecular weight is 444 g/mol. The lowest BCUT2D eigenvalue weighted by molar-refractivity contribution is -0.119. The van der Waals surface area contributed by atoms with E-state index < -0.39 is 6.09 Å². The Morgan fingerprint density at radius 3 is 2.12 bits per heavy atom. The minimum absolute atomic E-state index is 0.0483. The maximum atomic E-state index is 13.2. The molecule has 0 saturated heterocycles. The molecule has 0 radical (unpaired) electrons. The molecule has 0 aromatic heterocycles. The Kier molecular flexibility index (Phi) is 6.93. The van der Waals surface area contributed by atoms with Crippen LogP contribution in [0.1, 0.15) is 18.1 Å². The van der Waals surface area contributed by atoms with Crippen molar-refractivity contribution < 1.29 is 14.3 Å². The second kappa shape index (κ2) is 10.2. The molecule has 0 spiro atoms. The van der Waals surface area contributed by atoms with Crippen LogP contribution in [0.5, 0.6) is 0 Å². The molecular formula is C27H29N3O3. The quantitative estimate of drug-likeness (QED) is 0.554. The number of rotatable bonds is 6. The molecule has 0 N–H and O–H groups in total. The summed E-state index contributed by atoms with van der Waals surface area (Å²) in [7, 11) is 1.59. The summed E-state index contributed by atoms with van der Waals surface area (Å²) >= 11 is 0. The molecule has 0 aliphatic carbocycles. The molecule has 0 saturated carbocycles. The average Bonchev–Trinajstić information content (AvgIpc) is 2.85. The van der Waals surface area contributed by atoms with Crippen LogP contribution in [0.15, 0.2) is 84.9 Å². The second-order valence-corrected chi connectivity index (χ2v) is 8.35. The van der Waals surface area contributed by atoms with Crippen molar-refractivity contribution in [3.63, 3.8) is 0 Å². The summed E-state index contributed by atoms with van der Waals surface area (Å²) < 4.78 is 5.36. The highest BCUT2D eigenvalue weighted by atomic mass is 16.6. The molecule has 1 atom stereocenters. The Bertz CT molecular complexity index is 1090. The molecule has 1 aliphatic heterocycles. The van der Waals surface area contributed by atoms with Gasteiger partial charge in [-0.2, -0.15) is 0 Å². The third-order valence-electron chi connectivity index (χ3n) is 5.85. The van der Waals surface area contributed by atoms with Crippen LogP contribution in [-0.2, 0) is 22.7 Å². The van der Waals surface area contributed by atoms with Crippen LogP contribution < -0.4 is 9.80 Å². The van der Waals surface area contributed by atoms with Crippen LogP contribution in [0.2, 0.25) is 0 Å². The summed E-state index contributed by atoms with van der Waals surface area (Å²) in [5.74, 6) is -0.132. The number of amides is 2. The SMILES string of the molecule is CC1CN(C(=O)CN(C)C(=O)OCc2ccccc2)c2ccccc2N1Cc1ccccc1. The van der Waals surface area contributed by atoms with E-state index in [1.807, 2.05) is 72.8 Å². The van der Waals surface area contributed by atoms with Crippen molar-refractivity contribution in [2.75, 3.05) is 29.9 Å². The first-order chi connectivity index (χ1) is 16.0. The molecule has 3 aromatic carbocycles. The number of ether oxygens (including phenoxy) is 1. The molecule has 1 heterocycles. The van der Waals surface area contributed by atoms with Gasteiger partial charge in [-0.15, -0.1) is 0 Å². The minimum atomic E-state index is -0.517. The summed E-state index contributed by atoms with van der Waals surface area (Å²) in [6, 6.07) is 27.9. The van der Waals surface area contributed by atoms with Gasteiger partial charge in [-0.05, 0) is 30.2 Å². The fraction of sp³-hybridized carbons (Fsp3) is 0.259. The first-order valence-electron chi connectivity index (χ1n) is 11.1. The molecule has 2 amide bonds. The van der Waals surface area contributed by atoms with E-state index in [0.717, 1.165) is 23.5 Å². The maximum Gasteiger partial charge on any atom is 0.410 e. The predicted molar refractivity (Wildman–Crippen MR) is 130 cm³/mol. The highest BCUT2D eigenvalue weighted by molar-refractivity contribution is 6.00. The van der Waals surface area contributed by atoms with Gasteiger partial charge in [0, 0.05) is 26.2 Å². The molecule has 0 fully saturated rings. The zero-order chi connectivity index (χ0) is 23.2. The number of anilines is 2. The first-order valence-corrected chi connectivity index (χ1v) is 11.1. The van der Waals surface area contributed by atoms with Crippen molar-refractivity contribution >= 4 is 23.4 Å². The van der Waals surface area contributed by atoms with Gasteiger partial charge in [0.05, 0.1) is 11.4 Å². The van der Waals surface area contributed by atoms with Crippen LogP contribution in [0.4, 0.5) is 16.2 Å². The van der Waals surface area contributed by atoms with E-state index in [0.29, 0.717) is 6.54 Å². The van der Waals surface area contributed by atoms with E-state index in [2.05, 4.69) is 24.0 Å². The smallest absolute Gasteiger partial charge is 0.410 e. The molecule has 0 bridgehead atoms. The van der Waals surface area contributed by atoms with Crippen LogP contribution >= 0.6 is 0 Å². The van der Waals surface area contributed by atoms with E-state index in [1.54, 1.807) is 11.9 Å². The number of para-hydroxylation sites is 2. The number of likely N-dealkylation sites (N-methyl/N-ethyl adjacent to an activating group) is 1. The second-order valence-electron chi connectivity index (χ2n) is 8.35. The number of benzene rings is 3. The van der Waals surface area contributed by atoms with E-state index in [-0.39, 0.29) is 25.1 Å². The Morgan fingerprint density at radius 2 is 1.45 bits per heavy atom. The van der Waals surface area contributed by atoms with Crippen molar-refractivity contribution in [2.24, 2.45) is 0 Å². The van der Waals surface area contributed by atoms with Gasteiger partial charge in [-0.1, -0.05) is 72.8 Å². The third-order valence-corrected chi connectivity index (χ3v) is 5.85. The van der Waals surface area contributed by atoms with Gasteiger partial charge in [-0.25, -0.2) is 4.79 Å². The lowest BCUT2D eigenvalue weighted by atomic mass is 10.1. The van der Waals surface area contributed by atoms with Gasteiger partial charge in [-0.3, -0.25) is 4.79 Å². The van der Waals surface area contributed by atoms with Crippen molar-refractivity contribution in [2.45, 2.75) is 26.1 Å². The molecule has 1 aliphatic rings. The Hall–Kier alpha value is -3.80. The summed E-state index contributed by atoms with van der Waals surface area (Å²) in [4.78, 5) is 31.1. The van der Waals surface area contributed by atoms with E-state index in [4.69, 9.17) is 4.74 Å². The van der Waals surface area contributed by atoms with Gasteiger partial charge in [0.15, 0.2) is 0 Å². The Labute approximate surface area is 195 Å². The standard InChI is InChI=1S/C27H29N3O3/c1-21-17-30(26(31)19-28(2)27(32)33-20-23-13-7-4-8-14-23)25-16-10-9-15-24(25)29(21)18-22-11-5-3-6-12-22/h3-16,21H,17-20H2,1-2H3. The van der Waals surface area contributed by atoms with Crippen molar-refractivity contribution in [1.29, 1.82) is 0 Å². The van der Waals surface area contributed by atoms with Gasteiger partial charge < -0.3 is 19.4 Å². The molecule has 6 nitrogen and oxygen atoms in total. The molecule has 3 aromatic rings. The number of fused-ring (bicyclic) bond motifs is 1. The molecular weight excluding hydrogens is 414 g/mol. The van der Waals surface area contributed by atoms with E-state index >= 15 is 0 Å². The maximum absolute atomic E-state index is 13.2. The summed E-state index contributed by atoms with van der Waals surface area (Å²) in [5.41, 5.74) is 4.01. The fourth-order valence-corrected chi connectivity index (χ4v) is 4.07. The predicted octanol–water partition coefficient (Wildman–Crippen LogP) is 4.70. The molecule has 170 valence electrons. The zero-order valence-corrected chi connectivity index (χ0v) is 19.1. The number of carbonyl (C=O) groups excluding carboxylic acids is 2. The summed E-state index contributed by atoms with van der Waals surface area (Å²) in [6.07, 6.45) is -0.517. The third kappa shape index (κ3) is 5.34. The van der Waals surface area contributed by atoms with Crippen molar-refractivity contribution in [1.82, 2.24) is 4.90 Å². The van der Waals surface area contributed by atoms with Crippen LogP contribution in [0.3, 0.4) is 0 Å². The van der Waals surface area contributed by atoms with Crippen LogP contribution in [-0.4, -0.2) is 43.1 Å². The van der Waals surface area contributed by atoms with Gasteiger partial charge in [0.2, 0.25) is 5.91 Å². The van der Waals surface area contributed by atoms with Crippen LogP contribution in [0.25, 0.3) is 0 Å². The van der Waals surface area contributed by atoms with Crippen molar-refractivity contribution in [3.05, 3.63) is 96.1 Å². The molecule has 6 heteroatoms. The zero-order valence-electron chi connectivity index (χ0n) is 19.1. The lowest BCUT2D eigenvalue weighted by Gasteiger charge is -2.42. The normalized spacial score (nSPS) is 15.0. The number of nitrogens with zero attached hydrogens (tertiary/aromatic N) is 3. The van der Waals surface area contributed by atoms with E-state index in [9.17, 15) is 9.59 Å². The summed E-state index contributed by atoms with van der Waals surface area (Å²) in [6.45, 7) is 3.57. The minimum Gasteiger partial charge on any atom is -0.445 e. The summed E-state index contributed by atoms with van der Waals surface area (Å²) in [5, 5.41) is 0. The molecule has 1 unspecified atom stereocenters. The highest BCUT2D eigenvalue weighted by Gasteiger charge is 2.32.